The van der Waals surface area contributed by atoms with Crippen LogP contribution < -0.4 is 0 Å². The van der Waals surface area contributed by atoms with Crippen molar-refractivity contribution in [3.05, 3.63) is 0 Å². The lowest BCUT2D eigenvalue weighted by Crippen LogP contribution is -2.34. The second kappa shape index (κ2) is 12.0. The molecule has 1 rings (SSSR count). The lowest BCUT2D eigenvalue weighted by atomic mass is 10.0. The summed E-state index contributed by atoms with van der Waals surface area (Å²) in [4.78, 5) is 13.0. The maximum atomic E-state index is 10.8. The topological polar surface area (TPSA) is 40.5 Å². The van der Waals surface area contributed by atoms with Crippen LogP contribution in [-0.2, 0) is 4.79 Å². The molecule has 0 aromatic rings. The zero-order chi connectivity index (χ0) is 15.3. The van der Waals surface area contributed by atoms with Crippen LogP contribution in [0, 0.1) is 0 Å². The molecular weight excluding hydrogens is 262 g/mol. The Morgan fingerprint density at radius 1 is 1.00 bits per heavy atom. The molecule has 0 aliphatic carbocycles. The SMILES string of the molecule is CCCCCCCCCCCCC1CCCN1CC(=O)O. The van der Waals surface area contributed by atoms with Crippen LogP contribution in [0.4, 0.5) is 0 Å². The normalized spacial score (nSPS) is 19.2. The third-order valence-electron chi connectivity index (χ3n) is 4.73. The van der Waals surface area contributed by atoms with Crippen molar-refractivity contribution >= 4 is 5.97 Å². The van der Waals surface area contributed by atoms with E-state index in [0.29, 0.717) is 6.04 Å². The summed E-state index contributed by atoms with van der Waals surface area (Å²) in [6, 6.07) is 0.537. The van der Waals surface area contributed by atoms with Gasteiger partial charge in [-0.1, -0.05) is 71.1 Å². The monoisotopic (exact) mass is 297 g/mol. The Bertz CT molecular complexity index is 268. The number of likely N-dealkylation sites (tertiary alicyclic amines) is 1. The molecule has 0 saturated carbocycles. The van der Waals surface area contributed by atoms with E-state index < -0.39 is 5.97 Å². The Hall–Kier alpha value is -0.570. The molecular formula is C18H35NO2. The molecule has 0 spiro atoms. The first kappa shape index (κ1) is 18.5. The Kier molecular flexibility index (Phi) is 10.6. The minimum Gasteiger partial charge on any atom is -0.480 e. The molecule has 1 N–H and O–H groups in total. The van der Waals surface area contributed by atoms with Gasteiger partial charge >= 0.3 is 5.97 Å². The van der Waals surface area contributed by atoms with Crippen molar-refractivity contribution in [3.63, 3.8) is 0 Å². The summed E-state index contributed by atoms with van der Waals surface area (Å²) >= 11 is 0. The zero-order valence-corrected chi connectivity index (χ0v) is 14.0. The molecule has 0 aromatic heterocycles. The van der Waals surface area contributed by atoms with Gasteiger partial charge in [-0.05, 0) is 25.8 Å². The molecule has 1 fully saturated rings. The van der Waals surface area contributed by atoms with Gasteiger partial charge in [0.1, 0.15) is 0 Å². The number of hydrogen-bond acceptors (Lipinski definition) is 2. The van der Waals surface area contributed by atoms with Crippen molar-refractivity contribution in [2.45, 2.75) is 96.4 Å². The smallest absolute Gasteiger partial charge is 0.317 e. The predicted octanol–water partition coefficient (Wildman–Crippen LogP) is 4.85. The highest BCUT2D eigenvalue weighted by Gasteiger charge is 2.25. The molecule has 0 bridgehead atoms. The summed E-state index contributed by atoms with van der Waals surface area (Å²) in [5.74, 6) is -0.676. The molecule has 21 heavy (non-hydrogen) atoms. The van der Waals surface area contributed by atoms with E-state index in [1.807, 2.05) is 0 Å². The van der Waals surface area contributed by atoms with Crippen LogP contribution in [0.1, 0.15) is 90.4 Å². The summed E-state index contributed by atoms with van der Waals surface area (Å²) in [6.07, 6.45) is 17.3. The van der Waals surface area contributed by atoms with Crippen LogP contribution >= 0.6 is 0 Å². The molecule has 3 nitrogen and oxygen atoms in total. The molecule has 124 valence electrons. The Balaban J connectivity index is 1.90. The van der Waals surface area contributed by atoms with Gasteiger partial charge in [-0.25, -0.2) is 0 Å². The third-order valence-corrected chi connectivity index (χ3v) is 4.73. The van der Waals surface area contributed by atoms with Crippen LogP contribution in [0.2, 0.25) is 0 Å². The lowest BCUT2D eigenvalue weighted by Gasteiger charge is -2.22. The van der Waals surface area contributed by atoms with Crippen LogP contribution in [0.5, 0.6) is 0 Å². The number of hydrogen-bond donors (Lipinski definition) is 1. The molecule has 3 heteroatoms. The number of nitrogens with zero attached hydrogens (tertiary/aromatic N) is 1. The van der Waals surface area contributed by atoms with E-state index in [0.717, 1.165) is 6.54 Å². The van der Waals surface area contributed by atoms with E-state index in [9.17, 15) is 4.79 Å². The molecule has 1 atom stereocenters. The van der Waals surface area contributed by atoms with Crippen molar-refractivity contribution in [2.24, 2.45) is 0 Å². The van der Waals surface area contributed by atoms with Crippen LogP contribution in [0.25, 0.3) is 0 Å². The van der Waals surface area contributed by atoms with Gasteiger partial charge < -0.3 is 5.11 Å². The first-order valence-corrected chi connectivity index (χ1v) is 9.20. The van der Waals surface area contributed by atoms with Gasteiger partial charge in [0.25, 0.3) is 0 Å². The molecule has 1 heterocycles. The fraction of sp³-hybridized carbons (Fsp3) is 0.944. The highest BCUT2D eigenvalue weighted by molar-refractivity contribution is 5.69. The number of rotatable bonds is 13. The quantitative estimate of drug-likeness (QED) is 0.494. The minimum atomic E-state index is -0.676. The molecule has 1 unspecified atom stereocenters. The second-order valence-corrected chi connectivity index (χ2v) is 6.63. The molecule has 0 amide bonds. The van der Waals surface area contributed by atoms with Gasteiger partial charge in [0.2, 0.25) is 0 Å². The van der Waals surface area contributed by atoms with Crippen LogP contribution in [-0.4, -0.2) is 35.1 Å². The highest BCUT2D eigenvalue weighted by Crippen LogP contribution is 2.22. The Morgan fingerprint density at radius 3 is 2.14 bits per heavy atom. The number of carboxylic acids is 1. The minimum absolute atomic E-state index is 0.239. The fourth-order valence-electron chi connectivity index (χ4n) is 3.47. The summed E-state index contributed by atoms with van der Waals surface area (Å²) in [5.41, 5.74) is 0. The van der Waals surface area contributed by atoms with Gasteiger partial charge in [0, 0.05) is 6.04 Å². The molecule has 1 aliphatic heterocycles. The molecule has 1 aliphatic rings. The molecule has 1 saturated heterocycles. The lowest BCUT2D eigenvalue weighted by molar-refractivity contribution is -0.138. The van der Waals surface area contributed by atoms with E-state index >= 15 is 0 Å². The Labute approximate surface area is 131 Å². The molecule has 0 aromatic carbocycles. The number of carbonyl (C=O) groups is 1. The van der Waals surface area contributed by atoms with Crippen molar-refractivity contribution in [1.82, 2.24) is 4.90 Å². The standard InChI is InChI=1S/C18H35NO2/c1-2-3-4-5-6-7-8-9-10-11-13-17-14-12-15-19(17)16-18(20)21/h17H,2-16H2,1H3,(H,20,21). The van der Waals surface area contributed by atoms with Crippen molar-refractivity contribution in [3.8, 4) is 0 Å². The summed E-state index contributed by atoms with van der Waals surface area (Å²) in [5, 5.41) is 8.90. The van der Waals surface area contributed by atoms with E-state index in [-0.39, 0.29) is 6.54 Å². The zero-order valence-electron chi connectivity index (χ0n) is 14.0. The van der Waals surface area contributed by atoms with Gasteiger partial charge in [-0.15, -0.1) is 0 Å². The van der Waals surface area contributed by atoms with Gasteiger partial charge in [-0.3, -0.25) is 9.69 Å². The largest absolute Gasteiger partial charge is 0.480 e. The number of carboxylic acid groups (broad SMARTS) is 1. The maximum Gasteiger partial charge on any atom is 0.317 e. The third kappa shape index (κ3) is 9.13. The summed E-state index contributed by atoms with van der Waals surface area (Å²) in [7, 11) is 0. The maximum absolute atomic E-state index is 10.8. The predicted molar refractivity (Wildman–Crippen MR) is 88.7 cm³/mol. The van der Waals surface area contributed by atoms with Crippen LogP contribution in [0.15, 0.2) is 0 Å². The highest BCUT2D eigenvalue weighted by atomic mass is 16.4. The summed E-state index contributed by atoms with van der Waals surface area (Å²) < 4.78 is 0. The van der Waals surface area contributed by atoms with Gasteiger partial charge in [0.05, 0.1) is 6.54 Å². The van der Waals surface area contributed by atoms with Crippen molar-refractivity contribution in [1.29, 1.82) is 0 Å². The van der Waals surface area contributed by atoms with E-state index in [1.165, 1.54) is 83.5 Å². The first-order valence-electron chi connectivity index (χ1n) is 9.20. The number of unbranched alkanes of at least 4 members (excludes halogenated alkanes) is 9. The average Bonchev–Trinajstić information content (AvgIpc) is 2.87. The fourth-order valence-corrected chi connectivity index (χ4v) is 3.47. The second-order valence-electron chi connectivity index (χ2n) is 6.63. The van der Waals surface area contributed by atoms with Crippen molar-refractivity contribution < 1.29 is 9.90 Å². The number of aliphatic carboxylic acids is 1. The van der Waals surface area contributed by atoms with E-state index in [2.05, 4.69) is 11.8 Å². The van der Waals surface area contributed by atoms with Crippen LogP contribution in [0.3, 0.4) is 0 Å². The summed E-state index contributed by atoms with van der Waals surface area (Å²) in [6.45, 7) is 3.49. The van der Waals surface area contributed by atoms with E-state index in [1.54, 1.807) is 0 Å². The van der Waals surface area contributed by atoms with Gasteiger partial charge in [-0.2, -0.15) is 0 Å². The van der Waals surface area contributed by atoms with Crippen molar-refractivity contribution in [2.75, 3.05) is 13.1 Å². The molecule has 0 radical (unpaired) electrons. The van der Waals surface area contributed by atoms with Gasteiger partial charge in [0.15, 0.2) is 0 Å². The van der Waals surface area contributed by atoms with E-state index in [4.69, 9.17) is 5.11 Å². The first-order chi connectivity index (χ1) is 10.2. The Morgan fingerprint density at radius 2 is 1.57 bits per heavy atom. The average molecular weight is 297 g/mol.